The number of hydrogen-bond donors (Lipinski definition) is 1. The van der Waals surface area contributed by atoms with Crippen LogP contribution in [-0.4, -0.2) is 67.7 Å². The van der Waals surface area contributed by atoms with Crippen molar-refractivity contribution in [3.8, 4) is 0 Å². The van der Waals surface area contributed by atoms with E-state index in [9.17, 15) is 4.79 Å². The Morgan fingerprint density at radius 1 is 1.29 bits per heavy atom. The number of ether oxygens (including phenoxy) is 1. The number of hydrogen-bond acceptors (Lipinski definition) is 4. The summed E-state index contributed by atoms with van der Waals surface area (Å²) < 4.78 is 5.31. The van der Waals surface area contributed by atoms with E-state index in [1.54, 1.807) is 0 Å². The monoisotopic (exact) mass is 241 g/mol. The van der Waals surface area contributed by atoms with Gasteiger partial charge >= 0.3 is 0 Å². The number of nitrogens with two attached hydrogens (primary N) is 1. The first-order chi connectivity index (χ1) is 8.31. The second kappa shape index (κ2) is 6.33. The maximum atomic E-state index is 11.8. The van der Waals surface area contributed by atoms with E-state index in [2.05, 4.69) is 4.90 Å². The summed E-state index contributed by atoms with van der Waals surface area (Å²) in [4.78, 5) is 16.2. The lowest BCUT2D eigenvalue weighted by Gasteiger charge is -2.30. The first-order valence-corrected chi connectivity index (χ1v) is 6.61. The van der Waals surface area contributed by atoms with Crippen molar-refractivity contribution in [2.24, 2.45) is 5.73 Å². The normalized spacial score (nSPS) is 26.8. The van der Waals surface area contributed by atoms with Crippen molar-refractivity contribution >= 4 is 5.91 Å². The average Bonchev–Trinajstić information content (AvgIpc) is 2.70. The lowest BCUT2D eigenvalue weighted by Crippen LogP contribution is -2.44. The molecule has 2 fully saturated rings. The molecular formula is C12H23N3O2. The molecule has 2 heterocycles. The van der Waals surface area contributed by atoms with E-state index in [0.29, 0.717) is 24.9 Å². The number of carbonyl (C=O) groups is 1. The van der Waals surface area contributed by atoms with Crippen LogP contribution in [-0.2, 0) is 9.53 Å². The number of amides is 1. The minimum absolute atomic E-state index is 0.303. The molecule has 0 radical (unpaired) electrons. The molecule has 2 aliphatic rings. The topological polar surface area (TPSA) is 58.8 Å². The highest BCUT2D eigenvalue weighted by Gasteiger charge is 2.30. The SMILES string of the molecule is NCCC1CCC(=O)N1CCN1CCOCC1. The molecule has 5 heteroatoms. The first kappa shape index (κ1) is 12.8. The van der Waals surface area contributed by atoms with Crippen molar-refractivity contribution in [2.75, 3.05) is 45.9 Å². The van der Waals surface area contributed by atoms with Gasteiger partial charge in [-0.3, -0.25) is 9.69 Å². The highest BCUT2D eigenvalue weighted by molar-refractivity contribution is 5.78. The minimum atomic E-state index is 0.303. The molecule has 98 valence electrons. The summed E-state index contributed by atoms with van der Waals surface area (Å²) in [7, 11) is 0. The number of rotatable bonds is 5. The zero-order valence-electron chi connectivity index (χ0n) is 10.4. The van der Waals surface area contributed by atoms with Gasteiger partial charge in [-0.1, -0.05) is 0 Å². The van der Waals surface area contributed by atoms with Crippen molar-refractivity contribution < 1.29 is 9.53 Å². The number of carbonyl (C=O) groups excluding carboxylic acids is 1. The van der Waals surface area contributed by atoms with Crippen molar-refractivity contribution in [1.29, 1.82) is 0 Å². The largest absolute Gasteiger partial charge is 0.379 e. The van der Waals surface area contributed by atoms with Crippen LogP contribution in [0.1, 0.15) is 19.3 Å². The van der Waals surface area contributed by atoms with Crippen molar-refractivity contribution in [1.82, 2.24) is 9.80 Å². The van der Waals surface area contributed by atoms with Crippen molar-refractivity contribution in [2.45, 2.75) is 25.3 Å². The summed E-state index contributed by atoms with van der Waals surface area (Å²) in [6.45, 7) is 6.11. The van der Waals surface area contributed by atoms with Gasteiger partial charge in [0.1, 0.15) is 0 Å². The van der Waals surface area contributed by atoms with Crippen LogP contribution in [0, 0.1) is 0 Å². The van der Waals surface area contributed by atoms with Crippen LogP contribution in [0.15, 0.2) is 0 Å². The third-order valence-corrected chi connectivity index (χ3v) is 3.71. The second-order valence-corrected chi connectivity index (χ2v) is 4.81. The molecule has 1 amide bonds. The molecule has 2 aliphatic heterocycles. The molecule has 1 unspecified atom stereocenters. The third kappa shape index (κ3) is 3.40. The molecule has 0 aromatic carbocycles. The van der Waals surface area contributed by atoms with Gasteiger partial charge in [-0.2, -0.15) is 0 Å². The van der Waals surface area contributed by atoms with E-state index in [0.717, 1.165) is 52.2 Å². The van der Waals surface area contributed by atoms with Crippen LogP contribution < -0.4 is 5.73 Å². The van der Waals surface area contributed by atoms with E-state index < -0.39 is 0 Å². The fourth-order valence-corrected chi connectivity index (χ4v) is 2.67. The molecule has 0 aromatic heterocycles. The molecular weight excluding hydrogens is 218 g/mol. The van der Waals surface area contributed by atoms with E-state index in [-0.39, 0.29) is 0 Å². The van der Waals surface area contributed by atoms with Crippen molar-refractivity contribution in [3.05, 3.63) is 0 Å². The van der Waals surface area contributed by atoms with Gasteiger partial charge in [-0.25, -0.2) is 0 Å². The lowest BCUT2D eigenvalue weighted by atomic mass is 10.1. The maximum absolute atomic E-state index is 11.8. The van der Waals surface area contributed by atoms with Crippen molar-refractivity contribution in [3.63, 3.8) is 0 Å². The molecule has 5 nitrogen and oxygen atoms in total. The Hall–Kier alpha value is -0.650. The Labute approximate surface area is 103 Å². The molecule has 1 atom stereocenters. The van der Waals surface area contributed by atoms with Gasteiger partial charge in [-0.05, 0) is 19.4 Å². The Kier molecular flexibility index (Phi) is 4.76. The van der Waals surface area contributed by atoms with E-state index in [1.165, 1.54) is 0 Å². The fourth-order valence-electron chi connectivity index (χ4n) is 2.67. The van der Waals surface area contributed by atoms with Gasteiger partial charge in [0.05, 0.1) is 13.2 Å². The summed E-state index contributed by atoms with van der Waals surface area (Å²) in [5.74, 6) is 0.303. The van der Waals surface area contributed by atoms with Crippen LogP contribution in [0.25, 0.3) is 0 Å². The standard InChI is InChI=1S/C12H23N3O2/c13-4-3-11-1-2-12(16)15(11)6-5-14-7-9-17-10-8-14/h11H,1-10,13H2. The summed E-state index contributed by atoms with van der Waals surface area (Å²) in [5, 5.41) is 0. The van der Waals surface area contributed by atoms with Gasteiger partial charge in [0.25, 0.3) is 0 Å². The Morgan fingerprint density at radius 3 is 2.76 bits per heavy atom. The second-order valence-electron chi connectivity index (χ2n) is 4.81. The third-order valence-electron chi connectivity index (χ3n) is 3.71. The summed E-state index contributed by atoms with van der Waals surface area (Å²) in [6, 6.07) is 0.383. The van der Waals surface area contributed by atoms with Gasteiger partial charge in [0.15, 0.2) is 0 Å². The molecule has 2 rings (SSSR count). The van der Waals surface area contributed by atoms with E-state index in [1.807, 2.05) is 4.90 Å². The van der Waals surface area contributed by atoms with E-state index >= 15 is 0 Å². The molecule has 17 heavy (non-hydrogen) atoms. The van der Waals surface area contributed by atoms with Crippen LogP contribution >= 0.6 is 0 Å². The highest BCUT2D eigenvalue weighted by Crippen LogP contribution is 2.20. The molecule has 2 saturated heterocycles. The summed E-state index contributed by atoms with van der Waals surface area (Å²) in [6.07, 6.45) is 2.63. The molecule has 0 aliphatic carbocycles. The van der Waals surface area contributed by atoms with Crippen LogP contribution in [0.3, 0.4) is 0 Å². The average molecular weight is 241 g/mol. The molecule has 0 spiro atoms. The van der Waals surface area contributed by atoms with Crippen LogP contribution in [0.2, 0.25) is 0 Å². The quantitative estimate of drug-likeness (QED) is 0.715. The van der Waals surface area contributed by atoms with Gasteiger partial charge in [0, 0.05) is 38.6 Å². The van der Waals surface area contributed by atoms with Crippen LogP contribution in [0.4, 0.5) is 0 Å². The summed E-state index contributed by atoms with van der Waals surface area (Å²) >= 11 is 0. The Bertz CT molecular complexity index is 254. The molecule has 2 N–H and O–H groups in total. The molecule has 0 aromatic rings. The van der Waals surface area contributed by atoms with Gasteiger partial charge in [0.2, 0.25) is 5.91 Å². The predicted octanol–water partition coefficient (Wildman–Crippen LogP) is -0.342. The zero-order valence-corrected chi connectivity index (χ0v) is 10.4. The molecule has 0 saturated carbocycles. The Balaban J connectivity index is 1.77. The number of morpholine rings is 1. The van der Waals surface area contributed by atoms with Gasteiger partial charge < -0.3 is 15.4 Å². The van der Waals surface area contributed by atoms with Gasteiger partial charge in [-0.15, -0.1) is 0 Å². The van der Waals surface area contributed by atoms with E-state index in [4.69, 9.17) is 10.5 Å². The minimum Gasteiger partial charge on any atom is -0.379 e. The smallest absolute Gasteiger partial charge is 0.222 e. The lowest BCUT2D eigenvalue weighted by molar-refractivity contribution is -0.129. The predicted molar refractivity (Wildman–Crippen MR) is 65.7 cm³/mol. The summed E-state index contributed by atoms with van der Waals surface area (Å²) in [5.41, 5.74) is 5.59. The van der Waals surface area contributed by atoms with Crippen LogP contribution in [0.5, 0.6) is 0 Å². The highest BCUT2D eigenvalue weighted by atomic mass is 16.5. The number of likely N-dealkylation sites (tertiary alicyclic amines) is 1. The maximum Gasteiger partial charge on any atom is 0.222 e. The zero-order chi connectivity index (χ0) is 12.1. The first-order valence-electron chi connectivity index (χ1n) is 6.61. The fraction of sp³-hybridized carbons (Fsp3) is 0.917. The Morgan fingerprint density at radius 2 is 2.06 bits per heavy atom. The number of nitrogens with zero attached hydrogens (tertiary/aromatic N) is 2. The molecule has 0 bridgehead atoms.